The van der Waals surface area contributed by atoms with Gasteiger partial charge in [0.2, 0.25) is 0 Å². The van der Waals surface area contributed by atoms with Gasteiger partial charge < -0.3 is 5.32 Å². The molecule has 1 fully saturated rings. The summed E-state index contributed by atoms with van der Waals surface area (Å²) in [5.41, 5.74) is -1.62. The van der Waals surface area contributed by atoms with Crippen molar-refractivity contribution in [2.24, 2.45) is 5.92 Å². The number of nitrogens with one attached hydrogen (secondary N) is 1. The van der Waals surface area contributed by atoms with Gasteiger partial charge in [-0.2, -0.15) is 13.2 Å². The van der Waals surface area contributed by atoms with E-state index in [0.29, 0.717) is 25.3 Å². The number of rotatable bonds is 4. The Hall–Kier alpha value is -0.250. The third-order valence-electron chi connectivity index (χ3n) is 3.95. The van der Waals surface area contributed by atoms with Crippen LogP contribution in [0.1, 0.15) is 58.8 Å². The third kappa shape index (κ3) is 3.60. The molecule has 0 amide bonds. The SMILES string of the molecule is CCCC1CCCC(NCC)(C(F)(F)F)CC1. The zero-order chi connectivity index (χ0) is 12.9. The van der Waals surface area contributed by atoms with Gasteiger partial charge >= 0.3 is 6.18 Å². The second-order valence-corrected chi connectivity index (χ2v) is 5.20. The maximum absolute atomic E-state index is 13.2. The molecule has 0 radical (unpaired) electrons. The molecule has 0 aliphatic heterocycles. The minimum Gasteiger partial charge on any atom is -0.304 e. The van der Waals surface area contributed by atoms with Crippen molar-refractivity contribution in [1.82, 2.24) is 5.32 Å². The van der Waals surface area contributed by atoms with Crippen molar-refractivity contribution in [1.29, 1.82) is 0 Å². The molecule has 2 atom stereocenters. The highest BCUT2D eigenvalue weighted by atomic mass is 19.4. The van der Waals surface area contributed by atoms with Gasteiger partial charge in [0.15, 0.2) is 0 Å². The summed E-state index contributed by atoms with van der Waals surface area (Å²) in [7, 11) is 0. The summed E-state index contributed by atoms with van der Waals surface area (Å²) < 4.78 is 39.6. The normalized spacial score (nSPS) is 31.2. The van der Waals surface area contributed by atoms with Crippen LogP contribution in [0, 0.1) is 5.92 Å². The van der Waals surface area contributed by atoms with E-state index in [9.17, 15) is 13.2 Å². The van der Waals surface area contributed by atoms with Gasteiger partial charge in [0, 0.05) is 0 Å². The van der Waals surface area contributed by atoms with Crippen LogP contribution in [0.2, 0.25) is 0 Å². The second kappa shape index (κ2) is 6.07. The van der Waals surface area contributed by atoms with E-state index in [-0.39, 0.29) is 12.8 Å². The Morgan fingerprint density at radius 3 is 2.41 bits per heavy atom. The lowest BCUT2D eigenvalue weighted by molar-refractivity contribution is -0.200. The topological polar surface area (TPSA) is 12.0 Å². The largest absolute Gasteiger partial charge is 0.406 e. The molecule has 0 aromatic carbocycles. The van der Waals surface area contributed by atoms with E-state index in [2.05, 4.69) is 12.2 Å². The van der Waals surface area contributed by atoms with Crippen molar-refractivity contribution in [2.75, 3.05) is 6.54 Å². The fourth-order valence-electron chi connectivity index (χ4n) is 3.01. The molecule has 1 aliphatic rings. The molecule has 1 saturated carbocycles. The lowest BCUT2D eigenvalue weighted by Crippen LogP contribution is -2.56. The standard InChI is InChI=1S/C13H24F3N/c1-3-6-11-7-5-9-12(10-8-11,17-4-2)13(14,15)16/h11,17H,3-10H2,1-2H3. The fraction of sp³-hybridized carbons (Fsp3) is 1.00. The zero-order valence-corrected chi connectivity index (χ0v) is 10.9. The average Bonchev–Trinajstić information content (AvgIpc) is 2.42. The summed E-state index contributed by atoms with van der Waals surface area (Å²) >= 11 is 0. The van der Waals surface area contributed by atoms with Crippen LogP contribution in [-0.2, 0) is 0 Å². The number of hydrogen-bond donors (Lipinski definition) is 1. The van der Waals surface area contributed by atoms with Gasteiger partial charge in [-0.05, 0) is 31.7 Å². The van der Waals surface area contributed by atoms with E-state index in [1.807, 2.05) is 0 Å². The van der Waals surface area contributed by atoms with Crippen LogP contribution in [0.3, 0.4) is 0 Å². The van der Waals surface area contributed by atoms with Crippen LogP contribution in [-0.4, -0.2) is 18.3 Å². The minimum absolute atomic E-state index is 0.241. The molecule has 102 valence electrons. The Labute approximate surface area is 102 Å². The van der Waals surface area contributed by atoms with E-state index in [1.165, 1.54) is 0 Å². The van der Waals surface area contributed by atoms with Crippen LogP contribution in [0.25, 0.3) is 0 Å². The lowest BCUT2D eigenvalue weighted by Gasteiger charge is -2.35. The van der Waals surface area contributed by atoms with Gasteiger partial charge in [-0.15, -0.1) is 0 Å². The zero-order valence-electron chi connectivity index (χ0n) is 10.9. The summed E-state index contributed by atoms with van der Waals surface area (Å²) in [5, 5.41) is 2.72. The van der Waals surface area contributed by atoms with Crippen LogP contribution >= 0.6 is 0 Å². The Kier molecular flexibility index (Phi) is 5.29. The van der Waals surface area contributed by atoms with E-state index in [4.69, 9.17) is 0 Å². The first-order chi connectivity index (χ1) is 7.95. The number of hydrogen-bond acceptors (Lipinski definition) is 1. The summed E-state index contributed by atoms with van der Waals surface area (Å²) in [6.45, 7) is 4.24. The van der Waals surface area contributed by atoms with Crippen molar-refractivity contribution in [3.05, 3.63) is 0 Å². The molecule has 0 spiro atoms. The summed E-state index contributed by atoms with van der Waals surface area (Å²) in [6, 6.07) is 0. The van der Waals surface area contributed by atoms with Gasteiger partial charge in [-0.3, -0.25) is 0 Å². The maximum Gasteiger partial charge on any atom is 0.406 e. The Morgan fingerprint density at radius 1 is 1.18 bits per heavy atom. The molecule has 2 unspecified atom stereocenters. The smallest absolute Gasteiger partial charge is 0.304 e. The second-order valence-electron chi connectivity index (χ2n) is 5.20. The van der Waals surface area contributed by atoms with Gasteiger partial charge in [-0.1, -0.05) is 39.5 Å². The quantitative estimate of drug-likeness (QED) is 0.735. The van der Waals surface area contributed by atoms with Gasteiger partial charge in [0.1, 0.15) is 5.54 Å². The highest BCUT2D eigenvalue weighted by molar-refractivity contribution is 4.96. The molecule has 1 aliphatic carbocycles. The number of alkyl halides is 3. The monoisotopic (exact) mass is 251 g/mol. The van der Waals surface area contributed by atoms with Crippen LogP contribution in [0.15, 0.2) is 0 Å². The highest BCUT2D eigenvalue weighted by Crippen LogP contribution is 2.42. The van der Waals surface area contributed by atoms with E-state index < -0.39 is 11.7 Å². The van der Waals surface area contributed by atoms with E-state index >= 15 is 0 Å². The van der Waals surface area contributed by atoms with Crippen molar-refractivity contribution in [3.63, 3.8) is 0 Å². The minimum atomic E-state index is -4.12. The molecule has 17 heavy (non-hydrogen) atoms. The fourth-order valence-corrected chi connectivity index (χ4v) is 3.01. The lowest BCUT2D eigenvalue weighted by atomic mass is 9.88. The molecular formula is C13H24F3N. The predicted octanol–water partition coefficient (Wildman–Crippen LogP) is 4.28. The number of halogens is 3. The van der Waals surface area contributed by atoms with Crippen molar-refractivity contribution in [2.45, 2.75) is 70.5 Å². The molecule has 0 bridgehead atoms. The van der Waals surface area contributed by atoms with Gasteiger partial charge in [0.25, 0.3) is 0 Å². The Morgan fingerprint density at radius 2 is 1.88 bits per heavy atom. The van der Waals surface area contributed by atoms with Crippen LogP contribution in [0.5, 0.6) is 0 Å². The van der Waals surface area contributed by atoms with E-state index in [0.717, 1.165) is 19.3 Å². The molecule has 1 nitrogen and oxygen atoms in total. The first-order valence-electron chi connectivity index (χ1n) is 6.77. The summed E-state index contributed by atoms with van der Waals surface area (Å²) in [4.78, 5) is 0. The third-order valence-corrected chi connectivity index (χ3v) is 3.95. The van der Waals surface area contributed by atoms with Crippen LogP contribution in [0.4, 0.5) is 13.2 Å². The van der Waals surface area contributed by atoms with E-state index in [1.54, 1.807) is 6.92 Å². The maximum atomic E-state index is 13.2. The molecule has 0 heterocycles. The van der Waals surface area contributed by atoms with Crippen LogP contribution < -0.4 is 5.32 Å². The Bertz CT molecular complexity index is 227. The average molecular weight is 251 g/mol. The molecule has 1 rings (SSSR count). The molecular weight excluding hydrogens is 227 g/mol. The predicted molar refractivity (Wildman–Crippen MR) is 63.9 cm³/mol. The van der Waals surface area contributed by atoms with Crippen molar-refractivity contribution in [3.8, 4) is 0 Å². The molecule has 1 N–H and O–H groups in total. The highest BCUT2D eigenvalue weighted by Gasteiger charge is 2.53. The first-order valence-corrected chi connectivity index (χ1v) is 6.77. The first kappa shape index (κ1) is 14.8. The molecule has 4 heteroatoms. The van der Waals surface area contributed by atoms with Crippen molar-refractivity contribution < 1.29 is 13.2 Å². The summed E-state index contributed by atoms with van der Waals surface area (Å²) in [5.74, 6) is 0.489. The summed E-state index contributed by atoms with van der Waals surface area (Å²) in [6.07, 6.45) is 0.864. The van der Waals surface area contributed by atoms with Crippen molar-refractivity contribution >= 4 is 0 Å². The molecule has 0 aromatic heterocycles. The van der Waals surface area contributed by atoms with Gasteiger partial charge in [-0.25, -0.2) is 0 Å². The molecule has 0 aromatic rings. The molecule has 0 saturated heterocycles. The van der Waals surface area contributed by atoms with Gasteiger partial charge in [0.05, 0.1) is 0 Å². The Balaban J connectivity index is 2.72.